The molecule has 162 valence electrons. The van der Waals surface area contributed by atoms with Crippen LogP contribution in [0.25, 0.3) is 0 Å². The van der Waals surface area contributed by atoms with E-state index in [1.807, 2.05) is 6.92 Å². The molecule has 3 nitrogen and oxygen atoms in total. The van der Waals surface area contributed by atoms with E-state index in [9.17, 15) is 14.0 Å². The van der Waals surface area contributed by atoms with E-state index in [-0.39, 0.29) is 23.3 Å². The molecule has 2 atom stereocenters. The molecule has 5 heteroatoms. The van der Waals surface area contributed by atoms with Crippen molar-refractivity contribution in [3.8, 4) is 5.75 Å². The van der Waals surface area contributed by atoms with Gasteiger partial charge in [-0.2, -0.15) is 4.39 Å². The van der Waals surface area contributed by atoms with E-state index in [2.05, 4.69) is 6.92 Å². The molecule has 2 saturated carbocycles. The van der Waals surface area contributed by atoms with Crippen molar-refractivity contribution in [3.63, 3.8) is 0 Å². The Kier molecular flexibility index (Phi) is 6.45. The first-order chi connectivity index (χ1) is 14.0. The molecular weight excluding hydrogens is 374 g/mol. The summed E-state index contributed by atoms with van der Waals surface area (Å²) in [4.78, 5) is 4.77. The number of fused-ring (bicyclic) bond motifs is 1. The Morgan fingerprint density at radius 3 is 2.17 bits per heavy atom. The van der Waals surface area contributed by atoms with Gasteiger partial charge in [0, 0.05) is 5.56 Å². The minimum absolute atomic E-state index is 0.00847. The highest BCUT2D eigenvalue weighted by Gasteiger charge is 2.37. The van der Waals surface area contributed by atoms with E-state index in [1.54, 1.807) is 6.07 Å². The van der Waals surface area contributed by atoms with Crippen molar-refractivity contribution < 1.29 is 23.7 Å². The van der Waals surface area contributed by atoms with Gasteiger partial charge >= 0.3 is 0 Å². The first-order valence-corrected chi connectivity index (χ1v) is 11.5. The fourth-order valence-electron chi connectivity index (χ4n) is 5.90. The van der Waals surface area contributed by atoms with Crippen molar-refractivity contribution in [2.75, 3.05) is 0 Å². The van der Waals surface area contributed by atoms with Crippen molar-refractivity contribution in [1.29, 1.82) is 0 Å². The van der Waals surface area contributed by atoms with Crippen molar-refractivity contribution in [2.45, 2.75) is 90.3 Å². The fraction of sp³-hybridized carbons (Fsp3) is 0.750. The van der Waals surface area contributed by atoms with Crippen molar-refractivity contribution in [3.05, 3.63) is 28.8 Å². The van der Waals surface area contributed by atoms with Gasteiger partial charge in [0.25, 0.3) is 0 Å². The number of ether oxygens (including phenoxy) is 1. The van der Waals surface area contributed by atoms with E-state index in [0.717, 1.165) is 49.9 Å². The third kappa shape index (κ3) is 4.32. The number of benzene rings is 1. The van der Waals surface area contributed by atoms with Crippen LogP contribution in [-0.2, 0) is 11.3 Å². The Morgan fingerprint density at radius 2 is 1.55 bits per heavy atom. The monoisotopic (exact) mass is 408 g/mol. The van der Waals surface area contributed by atoms with Gasteiger partial charge in [-0.3, -0.25) is 5.26 Å². The molecule has 2 aliphatic carbocycles. The smallest absolute Gasteiger partial charge is 0.201 e. The van der Waals surface area contributed by atoms with Crippen LogP contribution in [0.15, 0.2) is 6.07 Å². The molecule has 1 heterocycles. The van der Waals surface area contributed by atoms with E-state index in [1.165, 1.54) is 25.7 Å². The summed E-state index contributed by atoms with van der Waals surface area (Å²) in [5.41, 5.74) is 0.806. The summed E-state index contributed by atoms with van der Waals surface area (Å²) >= 11 is 0. The van der Waals surface area contributed by atoms with Crippen LogP contribution in [0, 0.1) is 35.3 Å². The lowest BCUT2D eigenvalue weighted by Crippen LogP contribution is -2.28. The van der Waals surface area contributed by atoms with Gasteiger partial charge in [-0.05, 0) is 93.6 Å². The molecule has 29 heavy (non-hydrogen) atoms. The minimum atomic E-state index is -0.948. The van der Waals surface area contributed by atoms with E-state index < -0.39 is 17.7 Å². The zero-order valence-corrected chi connectivity index (χ0v) is 17.6. The van der Waals surface area contributed by atoms with Gasteiger partial charge in [-0.15, -0.1) is 0 Å². The molecule has 3 aliphatic rings. The highest BCUT2D eigenvalue weighted by atomic mass is 19.2. The molecule has 1 N–H and O–H groups in total. The first-order valence-electron chi connectivity index (χ1n) is 11.5. The summed E-state index contributed by atoms with van der Waals surface area (Å²) in [5.74, 6) is 0.516. The minimum Gasteiger partial charge on any atom is -0.487 e. The highest BCUT2D eigenvalue weighted by molar-refractivity contribution is 5.42. The highest BCUT2D eigenvalue weighted by Crippen LogP contribution is 2.46. The van der Waals surface area contributed by atoms with Crippen LogP contribution in [0.4, 0.5) is 8.78 Å². The lowest BCUT2D eigenvalue weighted by Gasteiger charge is -2.38. The standard InChI is InChI=1S/C24H34F2O3/c1-14-3-6-16(7-4-14)17-9-11-18(12-10-17)23(29-27)20-13-19-8-5-15(2)28-24(19)22(26)21(20)25/h13-18,23,27H,3-12H2,1-2H3. The Balaban J connectivity index is 1.47. The number of rotatable bonds is 4. The van der Waals surface area contributed by atoms with Crippen LogP contribution in [0.2, 0.25) is 0 Å². The zero-order chi connectivity index (χ0) is 20.5. The Labute approximate surface area is 172 Å². The lowest BCUT2D eigenvalue weighted by atomic mass is 9.68. The molecule has 4 rings (SSSR count). The molecule has 1 aliphatic heterocycles. The third-order valence-electron chi connectivity index (χ3n) is 7.80. The Hall–Kier alpha value is -1.20. The average Bonchev–Trinajstić information content (AvgIpc) is 2.74. The van der Waals surface area contributed by atoms with E-state index >= 15 is 0 Å². The molecule has 1 aromatic carbocycles. The van der Waals surface area contributed by atoms with Crippen LogP contribution in [-0.4, -0.2) is 11.4 Å². The summed E-state index contributed by atoms with van der Waals surface area (Å²) in [7, 11) is 0. The third-order valence-corrected chi connectivity index (χ3v) is 7.80. The van der Waals surface area contributed by atoms with Gasteiger partial charge in [-0.1, -0.05) is 19.8 Å². The second-order valence-electron chi connectivity index (χ2n) is 9.77. The summed E-state index contributed by atoms with van der Waals surface area (Å²) < 4.78 is 35.1. The Morgan fingerprint density at radius 1 is 0.931 bits per heavy atom. The first kappa shape index (κ1) is 21.0. The van der Waals surface area contributed by atoms with Crippen LogP contribution in [0.1, 0.15) is 88.9 Å². The summed E-state index contributed by atoms with van der Waals surface area (Å²) in [6.07, 6.45) is 9.70. The van der Waals surface area contributed by atoms with Crippen LogP contribution < -0.4 is 4.74 Å². The number of aryl methyl sites for hydroxylation is 1. The molecular formula is C24H34F2O3. The quantitative estimate of drug-likeness (QED) is 0.438. The van der Waals surface area contributed by atoms with Gasteiger partial charge in [0.05, 0.1) is 6.10 Å². The lowest BCUT2D eigenvalue weighted by molar-refractivity contribution is -0.297. The molecule has 1 aromatic rings. The second kappa shape index (κ2) is 8.89. The maximum absolute atomic E-state index is 14.9. The predicted octanol–water partition coefficient (Wildman–Crippen LogP) is 6.84. The maximum atomic E-state index is 14.9. The van der Waals surface area contributed by atoms with Gasteiger partial charge in [-0.25, -0.2) is 9.28 Å². The zero-order valence-electron chi connectivity index (χ0n) is 17.6. The molecule has 0 amide bonds. The fourth-order valence-corrected chi connectivity index (χ4v) is 5.90. The summed E-state index contributed by atoms with van der Waals surface area (Å²) in [6.45, 7) is 4.20. The van der Waals surface area contributed by atoms with Crippen molar-refractivity contribution in [1.82, 2.24) is 0 Å². The van der Waals surface area contributed by atoms with Crippen LogP contribution in [0.3, 0.4) is 0 Å². The van der Waals surface area contributed by atoms with Crippen LogP contribution >= 0.6 is 0 Å². The largest absolute Gasteiger partial charge is 0.487 e. The average molecular weight is 409 g/mol. The molecule has 0 radical (unpaired) electrons. The molecule has 2 fully saturated rings. The van der Waals surface area contributed by atoms with Crippen molar-refractivity contribution >= 4 is 0 Å². The van der Waals surface area contributed by atoms with Crippen molar-refractivity contribution in [2.24, 2.45) is 23.7 Å². The summed E-state index contributed by atoms with van der Waals surface area (Å²) in [5, 5.41) is 9.62. The molecule has 0 spiro atoms. The van der Waals surface area contributed by atoms with Gasteiger partial charge in [0.1, 0.15) is 6.10 Å². The van der Waals surface area contributed by atoms with E-state index in [0.29, 0.717) is 12.0 Å². The number of hydrogen-bond donors (Lipinski definition) is 1. The normalized spacial score (nSPS) is 33.6. The number of halogens is 2. The summed E-state index contributed by atoms with van der Waals surface area (Å²) in [6, 6.07) is 1.65. The Bertz CT molecular complexity index is 707. The second-order valence-corrected chi connectivity index (χ2v) is 9.77. The predicted molar refractivity (Wildman–Crippen MR) is 108 cm³/mol. The topological polar surface area (TPSA) is 38.7 Å². The van der Waals surface area contributed by atoms with Gasteiger partial charge < -0.3 is 4.74 Å². The molecule has 0 aromatic heterocycles. The molecule has 2 unspecified atom stereocenters. The molecule has 0 bridgehead atoms. The SMILES string of the molecule is CC1CCC(C2CCC(C(OO)c3cc4c(c(F)c3F)OC(C)CC4)CC2)CC1. The maximum Gasteiger partial charge on any atom is 0.201 e. The van der Waals surface area contributed by atoms with Gasteiger partial charge in [0.2, 0.25) is 5.82 Å². The molecule has 0 saturated heterocycles. The van der Waals surface area contributed by atoms with Gasteiger partial charge in [0.15, 0.2) is 11.6 Å². The van der Waals surface area contributed by atoms with E-state index in [4.69, 9.17) is 9.62 Å². The van der Waals surface area contributed by atoms with Crippen LogP contribution in [0.5, 0.6) is 5.75 Å². The number of hydrogen-bond acceptors (Lipinski definition) is 3.